The Morgan fingerprint density at radius 2 is 2.09 bits per heavy atom. The molecule has 0 radical (unpaired) electrons. The molecule has 1 amide bonds. The molecule has 1 saturated heterocycles. The highest BCUT2D eigenvalue weighted by molar-refractivity contribution is 5.92. The van der Waals surface area contributed by atoms with Crippen LogP contribution >= 0.6 is 0 Å². The quantitative estimate of drug-likeness (QED) is 0.943. The normalized spacial score (nSPS) is 21.0. The van der Waals surface area contributed by atoms with Gasteiger partial charge in [0, 0.05) is 24.6 Å². The topological polar surface area (TPSA) is 51.5 Å². The summed E-state index contributed by atoms with van der Waals surface area (Å²) in [5, 5.41) is 2.89. The number of hydrogen-bond donors (Lipinski definition) is 1. The van der Waals surface area contributed by atoms with Crippen LogP contribution in [0.1, 0.15) is 34.2 Å². The van der Waals surface area contributed by atoms with Crippen molar-refractivity contribution in [2.45, 2.75) is 19.4 Å². The third-order valence-corrected chi connectivity index (χ3v) is 4.01. The first-order chi connectivity index (χ1) is 10.6. The minimum atomic E-state index is -0.264. The van der Waals surface area contributed by atoms with Gasteiger partial charge in [-0.25, -0.2) is 4.39 Å². The highest BCUT2D eigenvalue weighted by atomic mass is 19.1. The maximum Gasteiger partial charge on any atom is 0.287 e. The molecular weight excluding hydrogens is 285 g/mol. The zero-order chi connectivity index (χ0) is 15.5. The second kappa shape index (κ2) is 6.32. The fraction of sp³-hybridized carbons (Fsp3) is 0.353. The summed E-state index contributed by atoms with van der Waals surface area (Å²) in [5.74, 6) is 0.0362. The largest absolute Gasteiger partial charge is 0.459 e. The zero-order valence-corrected chi connectivity index (χ0v) is 12.3. The average Bonchev–Trinajstić information content (AvgIpc) is 3.14. The molecule has 22 heavy (non-hydrogen) atoms. The van der Waals surface area contributed by atoms with E-state index in [2.05, 4.69) is 5.32 Å². The number of carbonyl (C=O) groups excluding carboxylic acids is 1. The number of amides is 1. The molecule has 5 heteroatoms. The third kappa shape index (κ3) is 3.04. The highest BCUT2D eigenvalue weighted by Gasteiger charge is 2.30. The number of benzene rings is 1. The first kappa shape index (κ1) is 14.8. The molecule has 1 aliphatic rings. The summed E-state index contributed by atoms with van der Waals surface area (Å²) in [5.41, 5.74) is 1.75. The lowest BCUT2D eigenvalue weighted by molar-refractivity contribution is 0.0832. The van der Waals surface area contributed by atoms with Gasteiger partial charge in [-0.3, -0.25) is 4.79 Å². The summed E-state index contributed by atoms with van der Waals surface area (Å²) < 4.78 is 23.9. The predicted octanol–water partition coefficient (Wildman–Crippen LogP) is 3.23. The molecule has 1 N–H and O–H groups in total. The smallest absolute Gasteiger partial charge is 0.287 e. The predicted molar refractivity (Wildman–Crippen MR) is 79.0 cm³/mol. The average molecular weight is 303 g/mol. The first-order valence-electron chi connectivity index (χ1n) is 7.34. The van der Waals surface area contributed by atoms with Gasteiger partial charge in [-0.15, -0.1) is 0 Å². The van der Waals surface area contributed by atoms with Crippen LogP contribution < -0.4 is 5.32 Å². The van der Waals surface area contributed by atoms with Crippen LogP contribution in [-0.2, 0) is 4.74 Å². The van der Waals surface area contributed by atoms with Crippen LogP contribution in [-0.4, -0.2) is 19.1 Å². The summed E-state index contributed by atoms with van der Waals surface area (Å²) in [6.07, 6.45) is 2.25. The van der Waals surface area contributed by atoms with Crippen LogP contribution in [0.25, 0.3) is 0 Å². The van der Waals surface area contributed by atoms with E-state index in [1.807, 2.05) is 6.92 Å². The Kier molecular flexibility index (Phi) is 4.24. The van der Waals surface area contributed by atoms with E-state index in [0.717, 1.165) is 17.5 Å². The van der Waals surface area contributed by atoms with Gasteiger partial charge >= 0.3 is 0 Å². The summed E-state index contributed by atoms with van der Waals surface area (Å²) in [4.78, 5) is 12.1. The molecule has 1 aromatic carbocycles. The molecule has 0 bridgehead atoms. The molecule has 1 aliphatic heterocycles. The van der Waals surface area contributed by atoms with Crippen molar-refractivity contribution in [3.63, 3.8) is 0 Å². The summed E-state index contributed by atoms with van der Waals surface area (Å²) in [6, 6.07) is 8.08. The maximum absolute atomic E-state index is 13.0. The van der Waals surface area contributed by atoms with Crippen LogP contribution in [0.4, 0.5) is 4.39 Å². The zero-order valence-electron chi connectivity index (χ0n) is 12.3. The van der Waals surface area contributed by atoms with E-state index in [1.165, 1.54) is 18.4 Å². The fourth-order valence-corrected chi connectivity index (χ4v) is 2.77. The molecule has 4 nitrogen and oxygen atoms in total. The van der Waals surface area contributed by atoms with Gasteiger partial charge in [0.15, 0.2) is 5.76 Å². The maximum atomic E-state index is 13.0. The molecule has 0 aliphatic carbocycles. The van der Waals surface area contributed by atoms with E-state index in [4.69, 9.17) is 9.15 Å². The second-order valence-corrected chi connectivity index (χ2v) is 5.53. The van der Waals surface area contributed by atoms with Crippen molar-refractivity contribution in [3.8, 4) is 0 Å². The Bertz CT molecular complexity index is 650. The minimum Gasteiger partial charge on any atom is -0.459 e. The van der Waals surface area contributed by atoms with E-state index in [-0.39, 0.29) is 23.7 Å². The Balaban J connectivity index is 1.63. The molecule has 3 rings (SSSR count). The van der Waals surface area contributed by atoms with Crippen LogP contribution in [0.5, 0.6) is 0 Å². The van der Waals surface area contributed by atoms with Gasteiger partial charge in [-0.1, -0.05) is 12.1 Å². The number of halogens is 1. The van der Waals surface area contributed by atoms with Crippen LogP contribution in [0.3, 0.4) is 0 Å². The molecule has 1 fully saturated rings. The van der Waals surface area contributed by atoms with Crippen molar-refractivity contribution in [2.75, 3.05) is 13.2 Å². The van der Waals surface area contributed by atoms with E-state index >= 15 is 0 Å². The first-order valence-corrected chi connectivity index (χ1v) is 7.34. The van der Waals surface area contributed by atoms with Gasteiger partial charge in [0.25, 0.3) is 5.91 Å². The van der Waals surface area contributed by atoms with Crippen molar-refractivity contribution in [1.29, 1.82) is 0 Å². The highest BCUT2D eigenvalue weighted by Crippen LogP contribution is 2.34. The molecule has 2 atom stereocenters. The Labute approximate surface area is 128 Å². The van der Waals surface area contributed by atoms with Crippen molar-refractivity contribution in [1.82, 2.24) is 5.32 Å². The van der Waals surface area contributed by atoms with Crippen LogP contribution in [0.2, 0.25) is 0 Å². The Hall–Kier alpha value is -2.14. The number of furan rings is 1. The van der Waals surface area contributed by atoms with Gasteiger partial charge in [0.05, 0.1) is 12.4 Å². The summed E-state index contributed by atoms with van der Waals surface area (Å²) in [6.45, 7) is 2.97. The molecule has 116 valence electrons. The van der Waals surface area contributed by atoms with Gasteiger partial charge in [0.2, 0.25) is 0 Å². The van der Waals surface area contributed by atoms with Gasteiger partial charge in [0.1, 0.15) is 5.82 Å². The molecule has 2 aromatic rings. The molecule has 0 saturated carbocycles. The van der Waals surface area contributed by atoms with E-state index in [9.17, 15) is 9.18 Å². The minimum absolute atomic E-state index is 0.112. The number of nitrogens with one attached hydrogen (secondary N) is 1. The number of rotatable bonds is 4. The second-order valence-electron chi connectivity index (χ2n) is 5.53. The van der Waals surface area contributed by atoms with E-state index in [0.29, 0.717) is 18.9 Å². The van der Waals surface area contributed by atoms with Crippen molar-refractivity contribution in [3.05, 3.63) is 59.3 Å². The third-order valence-electron chi connectivity index (χ3n) is 4.01. The fourth-order valence-electron chi connectivity index (χ4n) is 2.77. The van der Waals surface area contributed by atoms with Gasteiger partial charge < -0.3 is 14.5 Å². The van der Waals surface area contributed by atoms with E-state index in [1.54, 1.807) is 18.2 Å². The Morgan fingerprint density at radius 1 is 1.32 bits per heavy atom. The van der Waals surface area contributed by atoms with Gasteiger partial charge in [-0.2, -0.15) is 0 Å². The lowest BCUT2D eigenvalue weighted by Crippen LogP contribution is -2.30. The molecular formula is C17H18FNO3. The Morgan fingerprint density at radius 3 is 2.77 bits per heavy atom. The summed E-state index contributed by atoms with van der Waals surface area (Å²) >= 11 is 0. The number of ether oxygens (including phenoxy) is 1. The van der Waals surface area contributed by atoms with Gasteiger partial charge in [-0.05, 0) is 37.1 Å². The number of carbonyl (C=O) groups is 1. The number of hydrogen-bond acceptors (Lipinski definition) is 3. The molecule has 0 spiro atoms. The molecule has 2 heterocycles. The lowest BCUT2D eigenvalue weighted by atomic mass is 9.95. The standard InChI is InChI=1S/C17H18FNO3/c1-11-6-8-21-15(11)17(20)19-10-13-7-9-22-16(13)12-2-4-14(18)5-3-12/h2-6,8,13,16H,7,9-10H2,1H3,(H,19,20)/t13-,16-/m0/s1. The SMILES string of the molecule is Cc1ccoc1C(=O)NC[C@@H]1CCO[C@H]1c1ccc(F)cc1. The van der Waals surface area contributed by atoms with Crippen LogP contribution in [0.15, 0.2) is 41.0 Å². The van der Waals surface area contributed by atoms with E-state index < -0.39 is 0 Å². The summed E-state index contributed by atoms with van der Waals surface area (Å²) in [7, 11) is 0. The van der Waals surface area contributed by atoms with Crippen molar-refractivity contribution >= 4 is 5.91 Å². The van der Waals surface area contributed by atoms with Crippen LogP contribution in [0, 0.1) is 18.7 Å². The van der Waals surface area contributed by atoms with Crippen molar-refractivity contribution < 1.29 is 18.3 Å². The lowest BCUT2D eigenvalue weighted by Gasteiger charge is -2.19. The monoisotopic (exact) mass is 303 g/mol. The molecule has 0 unspecified atom stereocenters. The number of aryl methyl sites for hydroxylation is 1. The van der Waals surface area contributed by atoms with Crippen molar-refractivity contribution in [2.24, 2.45) is 5.92 Å². The molecule has 1 aromatic heterocycles.